The van der Waals surface area contributed by atoms with Crippen LogP contribution in [-0.2, 0) is 0 Å². The number of non-ortho nitro benzene ring substituents is 1. The van der Waals surface area contributed by atoms with Crippen molar-refractivity contribution in [1.82, 2.24) is 15.5 Å². The highest BCUT2D eigenvalue weighted by molar-refractivity contribution is 6.34. The molecule has 0 spiro atoms. The Balaban J connectivity index is 2.15. The molecule has 0 bridgehead atoms. The number of carbonyl (C=O) groups is 1. The van der Waals surface area contributed by atoms with Crippen LogP contribution in [0.25, 0.3) is 0 Å². The quantitative estimate of drug-likeness (QED) is 0.668. The van der Waals surface area contributed by atoms with Gasteiger partial charge in [-0.1, -0.05) is 11.6 Å². The third kappa shape index (κ3) is 2.94. The second-order valence-corrected chi connectivity index (χ2v) is 4.56. The molecule has 1 atom stereocenters. The van der Waals surface area contributed by atoms with E-state index in [2.05, 4.69) is 15.5 Å². The van der Waals surface area contributed by atoms with E-state index in [9.17, 15) is 14.9 Å². The molecule has 0 radical (unpaired) electrons. The molecule has 2 N–H and O–H groups in total. The van der Waals surface area contributed by atoms with Gasteiger partial charge < -0.3 is 5.32 Å². The van der Waals surface area contributed by atoms with Crippen molar-refractivity contribution in [2.24, 2.45) is 0 Å². The lowest BCUT2D eigenvalue weighted by molar-refractivity contribution is -0.384. The van der Waals surface area contributed by atoms with Gasteiger partial charge in [0.2, 0.25) is 0 Å². The Morgan fingerprint density at radius 1 is 1.55 bits per heavy atom. The van der Waals surface area contributed by atoms with E-state index in [1.807, 2.05) is 0 Å². The average molecular weight is 295 g/mol. The number of rotatable bonds is 4. The maximum absolute atomic E-state index is 12.1. The first kappa shape index (κ1) is 14.0. The molecule has 2 aromatic rings. The first-order valence-electron chi connectivity index (χ1n) is 5.72. The smallest absolute Gasteiger partial charge is 0.270 e. The summed E-state index contributed by atoms with van der Waals surface area (Å²) in [6.45, 7) is 1.79. The number of aromatic nitrogens is 2. The summed E-state index contributed by atoms with van der Waals surface area (Å²) in [5.41, 5.74) is 0.846. The van der Waals surface area contributed by atoms with Crippen molar-refractivity contribution >= 4 is 23.2 Å². The van der Waals surface area contributed by atoms with Crippen LogP contribution >= 0.6 is 11.6 Å². The predicted molar refractivity (Wildman–Crippen MR) is 72.6 cm³/mol. The highest BCUT2D eigenvalue weighted by Gasteiger charge is 2.17. The number of hydrogen-bond donors (Lipinski definition) is 2. The molecule has 0 saturated carbocycles. The van der Waals surface area contributed by atoms with Crippen LogP contribution in [0.3, 0.4) is 0 Å². The number of nitro benzene ring substituents is 1. The Morgan fingerprint density at radius 2 is 2.30 bits per heavy atom. The van der Waals surface area contributed by atoms with Crippen LogP contribution < -0.4 is 5.32 Å². The van der Waals surface area contributed by atoms with Crippen molar-refractivity contribution in [3.05, 3.63) is 56.9 Å². The number of hydrogen-bond acceptors (Lipinski definition) is 4. The molecule has 0 aliphatic rings. The lowest BCUT2D eigenvalue weighted by Crippen LogP contribution is -2.26. The molecule has 0 aliphatic carbocycles. The van der Waals surface area contributed by atoms with Gasteiger partial charge in [-0.05, 0) is 13.0 Å². The van der Waals surface area contributed by atoms with Gasteiger partial charge in [-0.2, -0.15) is 5.10 Å². The molecule has 8 heteroatoms. The first-order valence-corrected chi connectivity index (χ1v) is 6.10. The fourth-order valence-electron chi connectivity index (χ4n) is 1.66. The van der Waals surface area contributed by atoms with E-state index < -0.39 is 10.8 Å². The van der Waals surface area contributed by atoms with E-state index in [0.29, 0.717) is 0 Å². The maximum atomic E-state index is 12.1. The minimum Gasteiger partial charge on any atom is -0.345 e. The fraction of sp³-hybridized carbons (Fsp3) is 0.167. The molecule has 1 aromatic heterocycles. The summed E-state index contributed by atoms with van der Waals surface area (Å²) in [7, 11) is 0. The van der Waals surface area contributed by atoms with Crippen LogP contribution in [0.4, 0.5) is 5.69 Å². The first-order chi connectivity index (χ1) is 9.49. The van der Waals surface area contributed by atoms with Crippen LogP contribution in [-0.4, -0.2) is 21.0 Å². The number of aromatic amines is 1. The lowest BCUT2D eigenvalue weighted by atomic mass is 10.1. The second-order valence-electron chi connectivity index (χ2n) is 4.15. The molecule has 1 amide bonds. The maximum Gasteiger partial charge on any atom is 0.270 e. The molecule has 2 rings (SSSR count). The number of benzene rings is 1. The Kier molecular flexibility index (Phi) is 3.99. The number of nitrogens with zero attached hydrogens (tertiary/aromatic N) is 2. The third-order valence-corrected chi connectivity index (χ3v) is 3.09. The van der Waals surface area contributed by atoms with Crippen molar-refractivity contribution < 1.29 is 9.72 Å². The Morgan fingerprint density at radius 3 is 2.85 bits per heavy atom. The zero-order valence-corrected chi connectivity index (χ0v) is 11.2. The molecule has 1 aromatic carbocycles. The summed E-state index contributed by atoms with van der Waals surface area (Å²) in [6.07, 6.45) is 3.27. The highest BCUT2D eigenvalue weighted by atomic mass is 35.5. The number of amides is 1. The van der Waals surface area contributed by atoms with Crippen LogP contribution in [0.2, 0.25) is 5.02 Å². The van der Waals surface area contributed by atoms with Crippen molar-refractivity contribution in [2.75, 3.05) is 0 Å². The van der Waals surface area contributed by atoms with E-state index in [0.717, 1.165) is 11.6 Å². The molecule has 1 unspecified atom stereocenters. The highest BCUT2D eigenvalue weighted by Crippen LogP contribution is 2.23. The summed E-state index contributed by atoms with van der Waals surface area (Å²) < 4.78 is 0. The standard InChI is InChI=1S/C12H11ClN4O3/c1-7(8-5-14-15-6-8)16-12(18)10-3-2-9(17(19)20)4-11(10)13/h2-7H,1H3,(H,14,15)(H,16,18). The lowest BCUT2D eigenvalue weighted by Gasteiger charge is -2.12. The number of H-pyrrole nitrogens is 1. The molecule has 104 valence electrons. The number of carbonyl (C=O) groups excluding carboxylic acids is 1. The summed E-state index contributed by atoms with van der Waals surface area (Å²) in [5, 5.41) is 19.8. The zero-order valence-electron chi connectivity index (χ0n) is 10.5. The van der Waals surface area contributed by atoms with Crippen molar-refractivity contribution in [1.29, 1.82) is 0 Å². The topological polar surface area (TPSA) is 101 Å². The third-order valence-electron chi connectivity index (χ3n) is 2.78. The van der Waals surface area contributed by atoms with Gasteiger partial charge in [-0.25, -0.2) is 0 Å². The van der Waals surface area contributed by atoms with Crippen LogP contribution in [0.15, 0.2) is 30.6 Å². The SMILES string of the molecule is CC(NC(=O)c1ccc([N+](=O)[O-])cc1Cl)c1cn[nH]c1. The molecule has 20 heavy (non-hydrogen) atoms. The van der Waals surface area contributed by atoms with E-state index in [4.69, 9.17) is 11.6 Å². The van der Waals surface area contributed by atoms with E-state index in [1.54, 1.807) is 19.3 Å². The van der Waals surface area contributed by atoms with E-state index >= 15 is 0 Å². The molecule has 1 heterocycles. The van der Waals surface area contributed by atoms with Crippen LogP contribution in [0, 0.1) is 10.1 Å². The van der Waals surface area contributed by atoms with Gasteiger partial charge in [0.05, 0.1) is 27.7 Å². The van der Waals surface area contributed by atoms with Crippen molar-refractivity contribution in [2.45, 2.75) is 13.0 Å². The molecular weight excluding hydrogens is 284 g/mol. The Bertz CT molecular complexity index is 642. The van der Waals surface area contributed by atoms with Gasteiger partial charge in [0.25, 0.3) is 11.6 Å². The van der Waals surface area contributed by atoms with E-state index in [1.165, 1.54) is 12.1 Å². The average Bonchev–Trinajstić information content (AvgIpc) is 2.92. The largest absolute Gasteiger partial charge is 0.345 e. The number of nitrogens with one attached hydrogen (secondary N) is 2. The second kappa shape index (κ2) is 5.70. The normalized spacial score (nSPS) is 11.9. The number of nitro groups is 1. The summed E-state index contributed by atoms with van der Waals surface area (Å²) in [4.78, 5) is 22.1. The molecule has 0 saturated heterocycles. The minimum atomic E-state index is -0.568. The predicted octanol–water partition coefficient (Wildman–Crippen LogP) is 2.46. The summed E-state index contributed by atoms with van der Waals surface area (Å²) in [5.74, 6) is -0.404. The monoisotopic (exact) mass is 294 g/mol. The van der Waals surface area contributed by atoms with Gasteiger partial charge in [0.15, 0.2) is 0 Å². The van der Waals surface area contributed by atoms with Crippen molar-refractivity contribution in [3.8, 4) is 0 Å². The molecule has 0 fully saturated rings. The van der Waals surface area contributed by atoms with Gasteiger partial charge >= 0.3 is 0 Å². The Hall–Kier alpha value is -2.41. The van der Waals surface area contributed by atoms with Gasteiger partial charge in [0, 0.05) is 23.9 Å². The summed E-state index contributed by atoms with van der Waals surface area (Å²) >= 11 is 5.89. The van der Waals surface area contributed by atoms with E-state index in [-0.39, 0.29) is 22.3 Å². The van der Waals surface area contributed by atoms with Crippen molar-refractivity contribution in [3.63, 3.8) is 0 Å². The van der Waals surface area contributed by atoms with Gasteiger partial charge in [0.1, 0.15) is 0 Å². The molecule has 7 nitrogen and oxygen atoms in total. The molecular formula is C12H11ClN4O3. The van der Waals surface area contributed by atoms with Gasteiger partial charge in [-0.15, -0.1) is 0 Å². The fourth-order valence-corrected chi connectivity index (χ4v) is 1.92. The zero-order chi connectivity index (χ0) is 14.7. The number of halogens is 1. The van der Waals surface area contributed by atoms with Crippen LogP contribution in [0.1, 0.15) is 28.9 Å². The minimum absolute atomic E-state index is 0.0380. The molecule has 0 aliphatic heterocycles. The summed E-state index contributed by atoms with van der Waals surface area (Å²) in [6, 6.07) is 3.47. The van der Waals surface area contributed by atoms with Crippen LogP contribution in [0.5, 0.6) is 0 Å². The Labute approximate surface area is 119 Å². The van der Waals surface area contributed by atoms with Gasteiger partial charge in [-0.3, -0.25) is 20.0 Å².